The maximum Gasteiger partial charge on any atom is 0.243 e. The van der Waals surface area contributed by atoms with Gasteiger partial charge in [-0.25, -0.2) is 8.42 Å². The van der Waals surface area contributed by atoms with Crippen LogP contribution in [-0.4, -0.2) is 56.3 Å². The molecule has 1 saturated carbocycles. The molecule has 2 N–H and O–H groups in total. The molecule has 7 heteroatoms. The van der Waals surface area contributed by atoms with E-state index >= 15 is 0 Å². The van der Waals surface area contributed by atoms with Crippen LogP contribution in [0.1, 0.15) is 61.6 Å². The molecule has 0 unspecified atom stereocenters. The third kappa shape index (κ3) is 4.16. The smallest absolute Gasteiger partial charge is 0.243 e. The second-order valence-corrected chi connectivity index (χ2v) is 11.2. The molecule has 2 heterocycles. The fourth-order valence-electron chi connectivity index (χ4n) is 5.50. The van der Waals surface area contributed by atoms with Gasteiger partial charge in [-0.1, -0.05) is 30.5 Å². The topological polar surface area (TPSA) is 73.8 Å². The fourth-order valence-corrected chi connectivity index (χ4v) is 7.36. The SMILES string of the molecule is Cc1cc(C)c(S(=O)(=O)N2CCC3(CC2)NCCCN=C3NC2CCCC2)c(C)c1. The Morgan fingerprint density at radius 2 is 1.70 bits per heavy atom. The molecule has 1 aromatic rings. The number of hydrogen-bond donors (Lipinski definition) is 2. The number of sulfonamides is 1. The standard InChI is InChI=1S/C23H36N4O2S/c1-17-15-18(2)21(19(3)16-17)30(28,29)27-13-9-23(10-14-27)22(24-11-6-12-25-23)26-20-7-4-5-8-20/h15-16,20,25H,4-14H2,1-3H3,(H,24,26). The molecular weight excluding hydrogens is 396 g/mol. The third-order valence-corrected chi connectivity index (χ3v) is 9.20. The first-order chi connectivity index (χ1) is 14.3. The minimum atomic E-state index is -3.50. The van der Waals surface area contributed by atoms with E-state index in [2.05, 4.69) is 10.6 Å². The molecular formula is C23H36N4O2S. The number of hydrogen-bond acceptors (Lipinski definition) is 5. The number of nitrogens with zero attached hydrogens (tertiary/aromatic N) is 2. The zero-order valence-corrected chi connectivity index (χ0v) is 19.4. The maximum absolute atomic E-state index is 13.5. The van der Waals surface area contributed by atoms with E-state index in [0.29, 0.717) is 24.0 Å². The van der Waals surface area contributed by atoms with Crippen LogP contribution < -0.4 is 10.6 Å². The first kappa shape index (κ1) is 21.8. The molecule has 1 aromatic carbocycles. The first-order valence-electron chi connectivity index (χ1n) is 11.5. The Kier molecular flexibility index (Phi) is 6.24. The summed E-state index contributed by atoms with van der Waals surface area (Å²) in [5.74, 6) is 1.08. The predicted molar refractivity (Wildman–Crippen MR) is 122 cm³/mol. The van der Waals surface area contributed by atoms with Gasteiger partial charge >= 0.3 is 0 Å². The minimum Gasteiger partial charge on any atom is -0.370 e. The van der Waals surface area contributed by atoms with Gasteiger partial charge in [0.2, 0.25) is 10.0 Å². The van der Waals surface area contributed by atoms with Crippen LogP contribution in [0.15, 0.2) is 22.0 Å². The summed E-state index contributed by atoms with van der Waals surface area (Å²) in [4.78, 5) is 5.40. The van der Waals surface area contributed by atoms with Crippen molar-refractivity contribution in [3.05, 3.63) is 28.8 Å². The summed E-state index contributed by atoms with van der Waals surface area (Å²) in [5.41, 5.74) is 2.56. The quantitative estimate of drug-likeness (QED) is 0.770. The van der Waals surface area contributed by atoms with Crippen LogP contribution in [0.2, 0.25) is 0 Å². The monoisotopic (exact) mass is 432 g/mol. The van der Waals surface area contributed by atoms with Crippen molar-refractivity contribution in [1.29, 1.82) is 0 Å². The Balaban J connectivity index is 1.54. The summed E-state index contributed by atoms with van der Waals surface area (Å²) in [6, 6.07) is 4.45. The van der Waals surface area contributed by atoms with Crippen LogP contribution in [0.3, 0.4) is 0 Å². The number of amidine groups is 1. The molecule has 166 valence electrons. The molecule has 3 aliphatic rings. The number of aryl methyl sites for hydroxylation is 3. The van der Waals surface area contributed by atoms with Gasteiger partial charge in [0.15, 0.2) is 0 Å². The van der Waals surface area contributed by atoms with Gasteiger partial charge in [0.1, 0.15) is 5.84 Å². The second-order valence-electron chi connectivity index (χ2n) is 9.35. The normalized spacial score (nSPS) is 23.4. The Labute approximate surface area is 181 Å². The van der Waals surface area contributed by atoms with E-state index in [-0.39, 0.29) is 5.54 Å². The van der Waals surface area contributed by atoms with Gasteiger partial charge in [-0.3, -0.25) is 4.99 Å². The highest BCUT2D eigenvalue weighted by atomic mass is 32.2. The average Bonchev–Trinajstić information content (AvgIpc) is 3.12. The molecule has 1 saturated heterocycles. The molecule has 1 aliphatic carbocycles. The van der Waals surface area contributed by atoms with Gasteiger partial charge in [0.05, 0.1) is 10.4 Å². The predicted octanol–water partition coefficient (Wildman–Crippen LogP) is 3.06. The van der Waals surface area contributed by atoms with Crippen molar-refractivity contribution in [3.8, 4) is 0 Å². The average molecular weight is 433 g/mol. The van der Waals surface area contributed by atoms with Gasteiger partial charge in [0.25, 0.3) is 0 Å². The zero-order valence-electron chi connectivity index (χ0n) is 18.6. The first-order valence-corrected chi connectivity index (χ1v) is 12.9. The summed E-state index contributed by atoms with van der Waals surface area (Å²) in [6.45, 7) is 8.64. The van der Waals surface area contributed by atoms with Crippen molar-refractivity contribution in [2.24, 2.45) is 4.99 Å². The summed E-state index contributed by atoms with van der Waals surface area (Å²) in [5, 5.41) is 7.50. The second kappa shape index (κ2) is 8.60. The molecule has 0 amide bonds. The number of piperidine rings is 1. The number of benzene rings is 1. The summed E-state index contributed by atoms with van der Waals surface area (Å²) >= 11 is 0. The molecule has 0 atom stereocenters. The van der Waals surface area contributed by atoms with E-state index < -0.39 is 10.0 Å². The lowest BCUT2D eigenvalue weighted by atomic mass is 9.86. The molecule has 0 aromatic heterocycles. The van der Waals surface area contributed by atoms with E-state index in [1.807, 2.05) is 32.9 Å². The minimum absolute atomic E-state index is 0.220. The Morgan fingerprint density at radius 3 is 2.33 bits per heavy atom. The Bertz CT molecular complexity index is 888. The highest BCUT2D eigenvalue weighted by molar-refractivity contribution is 7.89. The lowest BCUT2D eigenvalue weighted by Gasteiger charge is -2.43. The fraction of sp³-hybridized carbons (Fsp3) is 0.696. The Hall–Kier alpha value is -1.44. The molecule has 4 rings (SSSR count). The molecule has 1 spiro atoms. The number of aliphatic imine (C=N–C) groups is 1. The van der Waals surface area contributed by atoms with Crippen LogP contribution in [0.4, 0.5) is 0 Å². The van der Waals surface area contributed by atoms with Crippen LogP contribution in [0.25, 0.3) is 0 Å². The van der Waals surface area contributed by atoms with Gasteiger partial charge in [-0.2, -0.15) is 4.31 Å². The zero-order chi connectivity index (χ0) is 21.4. The molecule has 6 nitrogen and oxygen atoms in total. The van der Waals surface area contributed by atoms with Gasteiger partial charge in [-0.05, 0) is 70.5 Å². The molecule has 2 fully saturated rings. The lowest BCUT2D eigenvalue weighted by molar-refractivity contribution is 0.247. The lowest BCUT2D eigenvalue weighted by Crippen LogP contribution is -2.63. The van der Waals surface area contributed by atoms with Crippen molar-refractivity contribution < 1.29 is 8.42 Å². The van der Waals surface area contributed by atoms with Crippen molar-refractivity contribution in [3.63, 3.8) is 0 Å². The molecule has 30 heavy (non-hydrogen) atoms. The third-order valence-electron chi connectivity index (χ3n) is 7.00. The Morgan fingerprint density at radius 1 is 1.07 bits per heavy atom. The van der Waals surface area contributed by atoms with Crippen molar-refractivity contribution in [1.82, 2.24) is 14.9 Å². The van der Waals surface area contributed by atoms with Crippen molar-refractivity contribution >= 4 is 15.9 Å². The van der Waals surface area contributed by atoms with E-state index in [4.69, 9.17) is 4.99 Å². The van der Waals surface area contributed by atoms with E-state index in [9.17, 15) is 8.42 Å². The highest BCUT2D eigenvalue weighted by Gasteiger charge is 2.43. The highest BCUT2D eigenvalue weighted by Crippen LogP contribution is 2.32. The van der Waals surface area contributed by atoms with Crippen molar-refractivity contribution in [2.45, 2.75) is 82.2 Å². The number of rotatable bonds is 3. The van der Waals surface area contributed by atoms with Crippen LogP contribution in [0.5, 0.6) is 0 Å². The van der Waals surface area contributed by atoms with Crippen LogP contribution in [-0.2, 0) is 10.0 Å². The van der Waals surface area contributed by atoms with Crippen LogP contribution in [0, 0.1) is 20.8 Å². The summed E-state index contributed by atoms with van der Waals surface area (Å²) < 4.78 is 28.7. The summed E-state index contributed by atoms with van der Waals surface area (Å²) in [7, 11) is -3.50. The van der Waals surface area contributed by atoms with E-state index in [0.717, 1.165) is 54.9 Å². The van der Waals surface area contributed by atoms with E-state index in [1.54, 1.807) is 4.31 Å². The van der Waals surface area contributed by atoms with E-state index in [1.165, 1.54) is 25.7 Å². The van der Waals surface area contributed by atoms with Gasteiger partial charge in [0, 0.05) is 25.7 Å². The van der Waals surface area contributed by atoms with Gasteiger partial charge in [-0.15, -0.1) is 0 Å². The maximum atomic E-state index is 13.5. The molecule has 0 radical (unpaired) electrons. The van der Waals surface area contributed by atoms with Gasteiger partial charge < -0.3 is 10.6 Å². The largest absolute Gasteiger partial charge is 0.370 e. The number of nitrogens with one attached hydrogen (secondary N) is 2. The van der Waals surface area contributed by atoms with Crippen molar-refractivity contribution in [2.75, 3.05) is 26.2 Å². The summed E-state index contributed by atoms with van der Waals surface area (Å²) in [6.07, 6.45) is 7.54. The van der Waals surface area contributed by atoms with Crippen LogP contribution >= 0.6 is 0 Å². The molecule has 0 bridgehead atoms. The molecule has 2 aliphatic heterocycles.